The number of guanidine groups is 1. The van der Waals surface area contributed by atoms with Gasteiger partial charge in [-0.2, -0.15) is 0 Å². The molecule has 0 spiro atoms. The fourth-order valence-electron chi connectivity index (χ4n) is 5.30. The lowest BCUT2D eigenvalue weighted by molar-refractivity contribution is -0.135. The fraction of sp³-hybridized carbons (Fsp3) is 0.909. The summed E-state index contributed by atoms with van der Waals surface area (Å²) in [5, 5.41) is 7.14. The third-order valence-electron chi connectivity index (χ3n) is 7.15. The van der Waals surface area contributed by atoms with Gasteiger partial charge in [0, 0.05) is 52.4 Å². The van der Waals surface area contributed by atoms with Crippen molar-refractivity contribution in [3.8, 4) is 0 Å². The lowest BCUT2D eigenvalue weighted by Crippen LogP contribution is -2.48. The highest BCUT2D eigenvalue weighted by molar-refractivity contribution is 5.81. The van der Waals surface area contributed by atoms with Crippen LogP contribution in [-0.4, -0.2) is 63.2 Å². The zero-order chi connectivity index (χ0) is 19.8. The Morgan fingerprint density at radius 3 is 2.57 bits per heavy atom. The summed E-state index contributed by atoms with van der Waals surface area (Å²) in [4.78, 5) is 19.3. The van der Waals surface area contributed by atoms with Crippen molar-refractivity contribution in [1.29, 1.82) is 0 Å². The molecule has 1 unspecified atom stereocenters. The molecule has 28 heavy (non-hydrogen) atoms. The van der Waals surface area contributed by atoms with Crippen molar-refractivity contribution in [2.75, 3.05) is 40.4 Å². The van der Waals surface area contributed by atoms with Gasteiger partial charge < -0.3 is 20.3 Å². The standard InChI is InChI=1S/C22H40N4O2/c1-23-21(24-17-22(13-15-28-2)11-6-7-12-22)25-19-10-14-26(16-19)20(27)18-8-4-3-5-9-18/h18-19H,3-17H2,1-2H3,(H2,23,24,25). The first kappa shape index (κ1) is 21.4. The van der Waals surface area contributed by atoms with E-state index in [2.05, 4.69) is 20.5 Å². The average Bonchev–Trinajstić information content (AvgIpc) is 3.40. The average molecular weight is 393 g/mol. The van der Waals surface area contributed by atoms with Gasteiger partial charge in [0.25, 0.3) is 0 Å². The number of hydrogen-bond acceptors (Lipinski definition) is 3. The Labute approximate surface area is 170 Å². The van der Waals surface area contributed by atoms with E-state index in [0.717, 1.165) is 57.9 Å². The van der Waals surface area contributed by atoms with E-state index < -0.39 is 0 Å². The van der Waals surface area contributed by atoms with Crippen LogP contribution in [0.1, 0.15) is 70.6 Å². The Morgan fingerprint density at radius 1 is 1.14 bits per heavy atom. The summed E-state index contributed by atoms with van der Waals surface area (Å²) < 4.78 is 5.34. The summed E-state index contributed by atoms with van der Waals surface area (Å²) in [5.74, 6) is 1.53. The monoisotopic (exact) mass is 392 g/mol. The quantitative estimate of drug-likeness (QED) is 0.516. The number of methoxy groups -OCH3 is 1. The van der Waals surface area contributed by atoms with E-state index in [4.69, 9.17) is 4.74 Å². The molecule has 1 amide bonds. The normalized spacial score (nSPS) is 25.9. The van der Waals surface area contributed by atoms with Crippen molar-refractivity contribution in [3.63, 3.8) is 0 Å². The molecule has 2 aliphatic carbocycles. The van der Waals surface area contributed by atoms with Gasteiger partial charge in [-0.05, 0) is 43.9 Å². The summed E-state index contributed by atoms with van der Waals surface area (Å²) in [7, 11) is 3.63. The van der Waals surface area contributed by atoms with Crippen molar-refractivity contribution >= 4 is 11.9 Å². The number of likely N-dealkylation sites (tertiary alicyclic amines) is 1. The Bertz CT molecular complexity index is 525. The molecule has 3 rings (SSSR count). The molecule has 2 saturated carbocycles. The van der Waals surface area contributed by atoms with E-state index in [-0.39, 0.29) is 5.92 Å². The van der Waals surface area contributed by atoms with Gasteiger partial charge in [-0.1, -0.05) is 32.1 Å². The Balaban J connectivity index is 1.45. The number of aliphatic imine (C=N–C) groups is 1. The molecule has 160 valence electrons. The molecule has 0 radical (unpaired) electrons. The van der Waals surface area contributed by atoms with E-state index in [1.54, 1.807) is 7.11 Å². The van der Waals surface area contributed by atoms with Crippen molar-refractivity contribution in [1.82, 2.24) is 15.5 Å². The summed E-state index contributed by atoms with van der Waals surface area (Å²) in [5.41, 5.74) is 0.340. The summed E-state index contributed by atoms with van der Waals surface area (Å²) in [6, 6.07) is 0.303. The van der Waals surface area contributed by atoms with Crippen molar-refractivity contribution in [2.24, 2.45) is 16.3 Å². The molecule has 6 nitrogen and oxygen atoms in total. The molecule has 2 N–H and O–H groups in total. The molecule has 0 aromatic heterocycles. The minimum Gasteiger partial charge on any atom is -0.385 e. The van der Waals surface area contributed by atoms with Gasteiger partial charge in [-0.3, -0.25) is 9.79 Å². The van der Waals surface area contributed by atoms with Crippen LogP contribution < -0.4 is 10.6 Å². The molecule has 0 aromatic carbocycles. The highest BCUT2D eigenvalue weighted by Crippen LogP contribution is 2.40. The van der Waals surface area contributed by atoms with E-state index in [9.17, 15) is 4.79 Å². The fourth-order valence-corrected chi connectivity index (χ4v) is 5.30. The lowest BCUT2D eigenvalue weighted by Gasteiger charge is -2.30. The number of nitrogens with zero attached hydrogens (tertiary/aromatic N) is 2. The summed E-state index contributed by atoms with van der Waals surface area (Å²) in [6.45, 7) is 3.47. The second-order valence-electron chi connectivity index (χ2n) is 9.12. The highest BCUT2D eigenvalue weighted by Gasteiger charge is 2.34. The molecule has 6 heteroatoms. The summed E-state index contributed by atoms with van der Waals surface area (Å²) >= 11 is 0. The van der Waals surface area contributed by atoms with E-state index in [1.807, 2.05) is 7.05 Å². The van der Waals surface area contributed by atoms with E-state index in [1.165, 1.54) is 44.9 Å². The maximum Gasteiger partial charge on any atom is 0.225 e. The number of ether oxygens (including phenoxy) is 1. The topological polar surface area (TPSA) is 66.0 Å². The number of carbonyl (C=O) groups excluding carboxylic acids is 1. The van der Waals surface area contributed by atoms with Gasteiger partial charge >= 0.3 is 0 Å². The SMILES string of the molecule is CN=C(NCC1(CCOC)CCCC1)NC1CCN(C(=O)C2CCCCC2)C1. The van der Waals surface area contributed by atoms with Crippen LogP contribution in [-0.2, 0) is 9.53 Å². The highest BCUT2D eigenvalue weighted by atomic mass is 16.5. The zero-order valence-electron chi connectivity index (χ0n) is 18.0. The number of nitrogens with one attached hydrogen (secondary N) is 2. The van der Waals surface area contributed by atoms with Gasteiger partial charge in [0.15, 0.2) is 5.96 Å². The second kappa shape index (κ2) is 10.5. The minimum atomic E-state index is 0.271. The maximum atomic E-state index is 12.8. The molecular weight excluding hydrogens is 352 g/mol. The molecule has 0 aromatic rings. The zero-order valence-corrected chi connectivity index (χ0v) is 18.0. The molecular formula is C22H40N4O2. The Morgan fingerprint density at radius 2 is 1.89 bits per heavy atom. The number of hydrogen-bond donors (Lipinski definition) is 2. The van der Waals surface area contributed by atoms with Crippen LogP contribution in [0.3, 0.4) is 0 Å². The van der Waals surface area contributed by atoms with Gasteiger partial charge in [-0.15, -0.1) is 0 Å². The number of amides is 1. The first-order chi connectivity index (χ1) is 13.7. The van der Waals surface area contributed by atoms with Crippen LogP contribution in [0.25, 0.3) is 0 Å². The van der Waals surface area contributed by atoms with Crippen molar-refractivity contribution < 1.29 is 9.53 Å². The van der Waals surface area contributed by atoms with Gasteiger partial charge in [-0.25, -0.2) is 0 Å². The van der Waals surface area contributed by atoms with Crippen LogP contribution in [0, 0.1) is 11.3 Å². The first-order valence-corrected chi connectivity index (χ1v) is 11.4. The smallest absolute Gasteiger partial charge is 0.225 e. The third-order valence-corrected chi connectivity index (χ3v) is 7.15. The molecule has 3 fully saturated rings. The minimum absolute atomic E-state index is 0.271. The van der Waals surface area contributed by atoms with Crippen molar-refractivity contribution in [3.05, 3.63) is 0 Å². The maximum absolute atomic E-state index is 12.8. The predicted molar refractivity (Wildman–Crippen MR) is 113 cm³/mol. The molecule has 0 bridgehead atoms. The van der Waals surface area contributed by atoms with E-state index >= 15 is 0 Å². The molecule has 1 heterocycles. The van der Waals surface area contributed by atoms with Crippen molar-refractivity contribution in [2.45, 2.75) is 76.7 Å². The van der Waals surface area contributed by atoms with Crippen LogP contribution in [0.15, 0.2) is 4.99 Å². The second-order valence-corrected chi connectivity index (χ2v) is 9.12. The molecule has 1 saturated heterocycles. The Hall–Kier alpha value is -1.30. The van der Waals surface area contributed by atoms with Gasteiger partial charge in [0.2, 0.25) is 5.91 Å². The molecule has 1 aliphatic heterocycles. The van der Waals surface area contributed by atoms with Gasteiger partial charge in [0.05, 0.1) is 0 Å². The number of carbonyl (C=O) groups is 1. The molecule has 3 aliphatic rings. The van der Waals surface area contributed by atoms with Crippen LogP contribution >= 0.6 is 0 Å². The van der Waals surface area contributed by atoms with Crippen LogP contribution in [0.5, 0.6) is 0 Å². The molecule has 1 atom stereocenters. The summed E-state index contributed by atoms with van der Waals surface area (Å²) in [6.07, 6.45) is 13.2. The lowest BCUT2D eigenvalue weighted by atomic mass is 9.83. The van der Waals surface area contributed by atoms with Crippen LogP contribution in [0.4, 0.5) is 0 Å². The largest absolute Gasteiger partial charge is 0.385 e. The number of rotatable bonds is 7. The predicted octanol–water partition coefficient (Wildman–Crippen LogP) is 2.93. The van der Waals surface area contributed by atoms with Gasteiger partial charge in [0.1, 0.15) is 0 Å². The van der Waals surface area contributed by atoms with Crippen LogP contribution in [0.2, 0.25) is 0 Å². The third kappa shape index (κ3) is 5.62. The first-order valence-electron chi connectivity index (χ1n) is 11.4. The Kier molecular flexibility index (Phi) is 8.00. The van der Waals surface area contributed by atoms with E-state index in [0.29, 0.717) is 17.4 Å².